The second-order valence-electron chi connectivity index (χ2n) is 4.65. The summed E-state index contributed by atoms with van der Waals surface area (Å²) in [5, 5.41) is 0. The van der Waals surface area contributed by atoms with Crippen LogP contribution in [0.3, 0.4) is 0 Å². The summed E-state index contributed by atoms with van der Waals surface area (Å²) in [4.78, 5) is 2.20. The van der Waals surface area contributed by atoms with Crippen molar-refractivity contribution >= 4 is 31.8 Å². The molecule has 0 aliphatic carbocycles. The Labute approximate surface area is 123 Å². The zero-order valence-electron chi connectivity index (χ0n) is 11.1. The molecule has 0 spiro atoms. The van der Waals surface area contributed by atoms with Crippen LogP contribution in [0.2, 0.25) is 0 Å². The molecule has 0 atom stereocenters. The Morgan fingerprint density at radius 1 is 1.05 bits per heavy atom. The lowest BCUT2D eigenvalue weighted by Crippen LogP contribution is -2.51. The van der Waals surface area contributed by atoms with Gasteiger partial charge in [-0.15, -0.1) is 0 Å². The molecule has 0 N–H and O–H groups in total. The van der Waals surface area contributed by atoms with Crippen LogP contribution in [-0.2, 0) is 10.2 Å². The Balaban J connectivity index is 2.02. The molecule has 1 aromatic rings. The SMILES string of the molecule is CN(C)S(=O)(=O)N1CCN(c2ccc(Br)cc2)CC1. The summed E-state index contributed by atoms with van der Waals surface area (Å²) in [5.41, 5.74) is 1.13. The van der Waals surface area contributed by atoms with E-state index < -0.39 is 10.2 Å². The van der Waals surface area contributed by atoms with Crippen LogP contribution in [0.5, 0.6) is 0 Å². The Hall–Kier alpha value is -0.630. The van der Waals surface area contributed by atoms with Crippen molar-refractivity contribution in [3.8, 4) is 0 Å². The summed E-state index contributed by atoms with van der Waals surface area (Å²) in [6.45, 7) is 2.48. The first kappa shape index (κ1) is 14.8. The average Bonchev–Trinajstić information content (AvgIpc) is 2.39. The zero-order chi connectivity index (χ0) is 14.0. The molecule has 19 heavy (non-hydrogen) atoms. The quantitative estimate of drug-likeness (QED) is 0.829. The minimum absolute atomic E-state index is 0.524. The van der Waals surface area contributed by atoms with Crippen LogP contribution in [0.1, 0.15) is 0 Å². The Morgan fingerprint density at radius 3 is 2.05 bits per heavy atom. The van der Waals surface area contributed by atoms with Gasteiger partial charge in [0.15, 0.2) is 0 Å². The molecular weight excluding hydrogens is 330 g/mol. The van der Waals surface area contributed by atoms with Gasteiger partial charge in [0.05, 0.1) is 0 Å². The standard InChI is InChI=1S/C12H18BrN3O2S/c1-14(2)19(17,18)16-9-7-15(8-10-16)12-5-3-11(13)4-6-12/h3-6H,7-10H2,1-2H3. The number of anilines is 1. The van der Waals surface area contributed by atoms with Gasteiger partial charge in [0.25, 0.3) is 10.2 Å². The van der Waals surface area contributed by atoms with Gasteiger partial charge in [-0.05, 0) is 24.3 Å². The van der Waals surface area contributed by atoms with E-state index in [0.29, 0.717) is 26.2 Å². The van der Waals surface area contributed by atoms with Crippen LogP contribution < -0.4 is 4.90 Å². The van der Waals surface area contributed by atoms with E-state index in [4.69, 9.17) is 0 Å². The van der Waals surface area contributed by atoms with E-state index in [1.165, 1.54) is 8.61 Å². The summed E-state index contributed by atoms with van der Waals surface area (Å²) in [6, 6.07) is 8.08. The monoisotopic (exact) mass is 347 g/mol. The fraction of sp³-hybridized carbons (Fsp3) is 0.500. The van der Waals surface area contributed by atoms with Gasteiger partial charge in [-0.25, -0.2) is 0 Å². The van der Waals surface area contributed by atoms with E-state index in [-0.39, 0.29) is 0 Å². The Morgan fingerprint density at radius 2 is 1.58 bits per heavy atom. The van der Waals surface area contributed by atoms with Crippen molar-refractivity contribution in [2.75, 3.05) is 45.2 Å². The van der Waals surface area contributed by atoms with Crippen molar-refractivity contribution in [2.45, 2.75) is 0 Å². The highest BCUT2D eigenvalue weighted by Gasteiger charge is 2.28. The minimum Gasteiger partial charge on any atom is -0.369 e. The summed E-state index contributed by atoms with van der Waals surface area (Å²) in [6.07, 6.45) is 0. The molecule has 1 fully saturated rings. The van der Waals surface area contributed by atoms with Crippen LogP contribution in [0.4, 0.5) is 5.69 Å². The topological polar surface area (TPSA) is 43.9 Å². The molecular formula is C12H18BrN3O2S. The zero-order valence-corrected chi connectivity index (χ0v) is 13.5. The predicted octanol–water partition coefficient (Wildman–Crippen LogP) is 1.38. The number of benzene rings is 1. The highest BCUT2D eigenvalue weighted by Crippen LogP contribution is 2.20. The molecule has 0 amide bonds. The molecule has 5 nitrogen and oxygen atoms in total. The van der Waals surface area contributed by atoms with E-state index in [0.717, 1.165) is 10.2 Å². The predicted molar refractivity (Wildman–Crippen MR) is 80.5 cm³/mol. The average molecular weight is 348 g/mol. The van der Waals surface area contributed by atoms with Crippen molar-refractivity contribution in [1.29, 1.82) is 0 Å². The fourth-order valence-electron chi connectivity index (χ4n) is 2.06. The normalized spacial score (nSPS) is 18.0. The number of hydrogen-bond acceptors (Lipinski definition) is 3. The first-order valence-corrected chi connectivity index (χ1v) is 8.28. The third-order valence-electron chi connectivity index (χ3n) is 3.22. The van der Waals surface area contributed by atoms with Crippen molar-refractivity contribution < 1.29 is 8.42 Å². The third kappa shape index (κ3) is 3.28. The summed E-state index contributed by atoms with van der Waals surface area (Å²) >= 11 is 3.41. The van der Waals surface area contributed by atoms with Gasteiger partial charge in [0.2, 0.25) is 0 Å². The van der Waals surface area contributed by atoms with Crippen molar-refractivity contribution in [3.05, 3.63) is 28.7 Å². The second kappa shape index (κ2) is 5.78. The molecule has 0 unspecified atom stereocenters. The maximum absolute atomic E-state index is 12.0. The first-order chi connectivity index (χ1) is 8.91. The Kier molecular flexibility index (Phi) is 4.50. The number of piperazine rings is 1. The molecule has 1 heterocycles. The molecule has 7 heteroatoms. The van der Waals surface area contributed by atoms with E-state index in [2.05, 4.69) is 20.8 Å². The van der Waals surface area contributed by atoms with E-state index >= 15 is 0 Å². The fourth-order valence-corrected chi connectivity index (χ4v) is 3.41. The number of hydrogen-bond donors (Lipinski definition) is 0. The molecule has 1 aliphatic rings. The summed E-state index contributed by atoms with van der Waals surface area (Å²) in [5.74, 6) is 0. The highest BCUT2D eigenvalue weighted by atomic mass is 79.9. The minimum atomic E-state index is -3.28. The summed E-state index contributed by atoms with van der Waals surface area (Å²) in [7, 11) is -0.148. The highest BCUT2D eigenvalue weighted by molar-refractivity contribution is 9.10. The van der Waals surface area contributed by atoms with E-state index in [1.54, 1.807) is 14.1 Å². The second-order valence-corrected chi connectivity index (χ2v) is 7.71. The van der Waals surface area contributed by atoms with Gasteiger partial charge in [-0.1, -0.05) is 15.9 Å². The number of nitrogens with zero attached hydrogens (tertiary/aromatic N) is 3. The molecule has 106 valence electrons. The largest absolute Gasteiger partial charge is 0.369 e. The lowest BCUT2D eigenvalue weighted by molar-refractivity contribution is 0.355. The van der Waals surface area contributed by atoms with Gasteiger partial charge < -0.3 is 4.90 Å². The number of halogens is 1. The van der Waals surface area contributed by atoms with Crippen LogP contribution >= 0.6 is 15.9 Å². The summed E-state index contributed by atoms with van der Waals surface area (Å²) < 4.78 is 27.8. The van der Waals surface area contributed by atoms with E-state index in [1.807, 2.05) is 24.3 Å². The smallest absolute Gasteiger partial charge is 0.281 e. The molecule has 1 aromatic carbocycles. The van der Waals surface area contributed by atoms with Gasteiger partial charge in [-0.2, -0.15) is 17.0 Å². The first-order valence-electron chi connectivity index (χ1n) is 6.09. The molecule has 0 bridgehead atoms. The van der Waals surface area contributed by atoms with Crippen LogP contribution in [0.15, 0.2) is 28.7 Å². The van der Waals surface area contributed by atoms with Crippen molar-refractivity contribution in [1.82, 2.24) is 8.61 Å². The third-order valence-corrected chi connectivity index (χ3v) is 5.69. The van der Waals surface area contributed by atoms with Crippen LogP contribution in [0, 0.1) is 0 Å². The molecule has 0 aromatic heterocycles. The molecule has 0 saturated carbocycles. The number of rotatable bonds is 3. The van der Waals surface area contributed by atoms with Gasteiger partial charge in [-0.3, -0.25) is 0 Å². The molecule has 1 saturated heterocycles. The van der Waals surface area contributed by atoms with Crippen molar-refractivity contribution in [3.63, 3.8) is 0 Å². The Bertz CT molecular complexity index is 522. The van der Waals surface area contributed by atoms with Crippen molar-refractivity contribution in [2.24, 2.45) is 0 Å². The van der Waals surface area contributed by atoms with Gasteiger partial charge in [0, 0.05) is 50.4 Å². The molecule has 0 radical (unpaired) electrons. The molecule has 1 aliphatic heterocycles. The van der Waals surface area contributed by atoms with E-state index in [9.17, 15) is 8.42 Å². The van der Waals surface area contributed by atoms with Gasteiger partial charge >= 0.3 is 0 Å². The lowest BCUT2D eigenvalue weighted by Gasteiger charge is -2.36. The maximum atomic E-state index is 12.0. The lowest BCUT2D eigenvalue weighted by atomic mass is 10.2. The maximum Gasteiger partial charge on any atom is 0.281 e. The van der Waals surface area contributed by atoms with Crippen LogP contribution in [0.25, 0.3) is 0 Å². The van der Waals surface area contributed by atoms with Gasteiger partial charge in [0.1, 0.15) is 0 Å². The van der Waals surface area contributed by atoms with Crippen LogP contribution in [-0.4, -0.2) is 57.3 Å². The molecule has 2 rings (SSSR count).